The quantitative estimate of drug-likeness (QED) is 0.445. The van der Waals surface area contributed by atoms with Crippen LogP contribution in [0.2, 0.25) is 5.02 Å². The van der Waals surface area contributed by atoms with Crippen molar-refractivity contribution in [3.63, 3.8) is 0 Å². The summed E-state index contributed by atoms with van der Waals surface area (Å²) in [6.45, 7) is 5.85. The standard InChI is InChI=1S/C21H19ClN2O4S/c1-3-19(15-10-9-14(24-28)12-17(15)22)29-13(2)8-11-20(25)23-18-7-5-4-6-16(18)21(26)27/h3-7,9-10,12H,2,8,11H2,1H3,(H,23,25)(H,26,27)/b19-3-. The highest BCUT2D eigenvalue weighted by Crippen LogP contribution is 2.39. The van der Waals surface area contributed by atoms with Crippen molar-refractivity contribution in [3.8, 4) is 0 Å². The van der Waals surface area contributed by atoms with Gasteiger partial charge in [0.1, 0.15) is 5.69 Å². The number of nitrogens with zero attached hydrogens (tertiary/aromatic N) is 1. The number of allylic oxidation sites excluding steroid dienone is 2. The molecule has 0 aliphatic carbocycles. The van der Waals surface area contributed by atoms with Gasteiger partial charge in [0.15, 0.2) is 0 Å². The highest BCUT2D eigenvalue weighted by atomic mass is 35.5. The van der Waals surface area contributed by atoms with Crippen LogP contribution in [0.1, 0.15) is 35.7 Å². The van der Waals surface area contributed by atoms with Gasteiger partial charge in [-0.3, -0.25) is 4.79 Å². The smallest absolute Gasteiger partial charge is 0.337 e. The van der Waals surface area contributed by atoms with E-state index in [-0.39, 0.29) is 29.3 Å². The van der Waals surface area contributed by atoms with Gasteiger partial charge in [-0.05, 0) is 47.7 Å². The normalized spacial score (nSPS) is 11.0. The van der Waals surface area contributed by atoms with Crippen molar-refractivity contribution < 1.29 is 14.7 Å². The number of anilines is 1. The zero-order chi connectivity index (χ0) is 21.4. The molecule has 1 amide bonds. The summed E-state index contributed by atoms with van der Waals surface area (Å²) in [6, 6.07) is 11.0. The van der Waals surface area contributed by atoms with Gasteiger partial charge in [-0.25, -0.2) is 4.79 Å². The third-order valence-electron chi connectivity index (χ3n) is 3.90. The monoisotopic (exact) mass is 430 g/mol. The van der Waals surface area contributed by atoms with Gasteiger partial charge in [0.25, 0.3) is 0 Å². The van der Waals surface area contributed by atoms with E-state index in [0.717, 1.165) is 15.4 Å². The zero-order valence-electron chi connectivity index (χ0n) is 15.6. The Kier molecular flexibility index (Phi) is 8.18. The number of carbonyl (C=O) groups excluding carboxylic acids is 1. The van der Waals surface area contributed by atoms with Gasteiger partial charge in [0, 0.05) is 16.9 Å². The van der Waals surface area contributed by atoms with E-state index in [2.05, 4.69) is 17.1 Å². The molecule has 0 radical (unpaired) electrons. The van der Waals surface area contributed by atoms with Crippen LogP contribution < -0.4 is 5.32 Å². The molecule has 2 aromatic rings. The minimum atomic E-state index is -1.11. The summed E-state index contributed by atoms with van der Waals surface area (Å²) in [5.41, 5.74) is 1.28. The Labute approximate surface area is 177 Å². The predicted octanol–water partition coefficient (Wildman–Crippen LogP) is 6.46. The van der Waals surface area contributed by atoms with Crippen LogP contribution in [0.3, 0.4) is 0 Å². The fraction of sp³-hybridized carbons (Fsp3) is 0.143. The first-order chi connectivity index (χ1) is 13.8. The van der Waals surface area contributed by atoms with Gasteiger partial charge in [-0.2, -0.15) is 0 Å². The second kappa shape index (κ2) is 10.6. The Balaban J connectivity index is 1.96. The minimum absolute atomic E-state index is 0.0353. The number of nitrogens with one attached hydrogen (secondary N) is 1. The Morgan fingerprint density at radius 1 is 1.21 bits per heavy atom. The number of hydrogen-bond donors (Lipinski definition) is 2. The van der Waals surface area contributed by atoms with Crippen LogP contribution in [0.4, 0.5) is 11.4 Å². The highest BCUT2D eigenvalue weighted by Gasteiger charge is 2.13. The second-order valence-electron chi connectivity index (χ2n) is 5.95. The summed E-state index contributed by atoms with van der Waals surface area (Å²) in [7, 11) is 0. The number of rotatable bonds is 9. The van der Waals surface area contributed by atoms with Crippen LogP contribution in [0.5, 0.6) is 0 Å². The fourth-order valence-corrected chi connectivity index (χ4v) is 3.73. The lowest BCUT2D eigenvalue weighted by atomic mass is 10.1. The molecule has 2 rings (SSSR count). The van der Waals surface area contributed by atoms with Crippen LogP contribution in [0.25, 0.3) is 4.91 Å². The Morgan fingerprint density at radius 3 is 2.55 bits per heavy atom. The molecule has 0 saturated carbocycles. The average molecular weight is 431 g/mol. The molecule has 0 atom stereocenters. The van der Waals surface area contributed by atoms with Crippen molar-refractivity contribution in [1.29, 1.82) is 0 Å². The van der Waals surface area contributed by atoms with Gasteiger partial charge in [-0.1, -0.05) is 54.2 Å². The van der Waals surface area contributed by atoms with E-state index in [1.807, 2.05) is 13.0 Å². The third kappa shape index (κ3) is 6.30. The van der Waals surface area contributed by atoms with E-state index < -0.39 is 5.97 Å². The van der Waals surface area contributed by atoms with Crippen molar-refractivity contribution in [2.45, 2.75) is 19.8 Å². The molecule has 0 aromatic heterocycles. The van der Waals surface area contributed by atoms with Crippen molar-refractivity contribution >= 4 is 51.5 Å². The van der Waals surface area contributed by atoms with Crippen LogP contribution in [0.15, 0.2) is 65.2 Å². The van der Waals surface area contributed by atoms with E-state index in [0.29, 0.717) is 11.4 Å². The number of benzene rings is 2. The van der Waals surface area contributed by atoms with Gasteiger partial charge in [0.2, 0.25) is 5.91 Å². The molecule has 0 spiro atoms. The molecule has 2 aromatic carbocycles. The maximum Gasteiger partial charge on any atom is 0.337 e. The molecule has 0 fully saturated rings. The molecule has 29 heavy (non-hydrogen) atoms. The number of halogens is 1. The maximum atomic E-state index is 12.2. The summed E-state index contributed by atoms with van der Waals surface area (Å²) in [5, 5.41) is 15.1. The molecule has 0 heterocycles. The lowest BCUT2D eigenvalue weighted by Gasteiger charge is -2.12. The molecule has 8 heteroatoms. The average Bonchev–Trinajstić information content (AvgIpc) is 2.71. The fourth-order valence-electron chi connectivity index (χ4n) is 2.48. The summed E-state index contributed by atoms with van der Waals surface area (Å²) in [5.74, 6) is -1.41. The SMILES string of the molecule is C=C(CCC(=O)Nc1ccccc1C(=O)O)S/C(=C\C)c1ccc(N=O)cc1Cl. The van der Waals surface area contributed by atoms with Crippen molar-refractivity contribution in [1.82, 2.24) is 0 Å². The molecule has 0 aliphatic heterocycles. The molecule has 0 aliphatic rings. The van der Waals surface area contributed by atoms with Crippen LogP contribution >= 0.6 is 23.4 Å². The Bertz CT molecular complexity index is 988. The number of nitroso groups, excluding NO2 is 1. The van der Waals surface area contributed by atoms with E-state index in [4.69, 9.17) is 11.6 Å². The lowest BCUT2D eigenvalue weighted by Crippen LogP contribution is -2.14. The topological polar surface area (TPSA) is 95.8 Å². The lowest BCUT2D eigenvalue weighted by molar-refractivity contribution is -0.116. The van der Waals surface area contributed by atoms with Gasteiger partial charge in [-0.15, -0.1) is 4.91 Å². The maximum absolute atomic E-state index is 12.2. The third-order valence-corrected chi connectivity index (χ3v) is 5.38. The van der Waals surface area contributed by atoms with Gasteiger partial charge >= 0.3 is 5.97 Å². The number of para-hydroxylation sites is 1. The number of thioether (sulfide) groups is 1. The first-order valence-electron chi connectivity index (χ1n) is 8.63. The van der Waals surface area contributed by atoms with Crippen LogP contribution in [-0.4, -0.2) is 17.0 Å². The molecule has 2 N–H and O–H groups in total. The minimum Gasteiger partial charge on any atom is -0.478 e. The summed E-state index contributed by atoms with van der Waals surface area (Å²) in [6.07, 6.45) is 2.42. The van der Waals surface area contributed by atoms with Crippen molar-refractivity contribution in [3.05, 3.63) is 81.1 Å². The molecule has 0 bridgehead atoms. The molecule has 0 unspecified atom stereocenters. The van der Waals surface area contributed by atoms with Crippen molar-refractivity contribution in [2.24, 2.45) is 5.18 Å². The zero-order valence-corrected chi connectivity index (χ0v) is 17.2. The van der Waals surface area contributed by atoms with E-state index in [1.54, 1.807) is 30.3 Å². The first kappa shape index (κ1) is 22.4. The summed E-state index contributed by atoms with van der Waals surface area (Å²) < 4.78 is 0. The Hall–Kier alpha value is -2.90. The number of aromatic carboxylic acids is 1. The molecular formula is C21H19ClN2O4S. The summed E-state index contributed by atoms with van der Waals surface area (Å²) in [4.78, 5) is 35.6. The van der Waals surface area contributed by atoms with Crippen LogP contribution in [-0.2, 0) is 4.79 Å². The number of carbonyl (C=O) groups is 2. The summed E-state index contributed by atoms with van der Waals surface area (Å²) >= 11 is 7.61. The number of amides is 1. The van der Waals surface area contributed by atoms with E-state index >= 15 is 0 Å². The Morgan fingerprint density at radius 2 is 1.93 bits per heavy atom. The van der Waals surface area contributed by atoms with E-state index in [9.17, 15) is 19.6 Å². The van der Waals surface area contributed by atoms with Gasteiger partial charge in [0.05, 0.1) is 16.3 Å². The molecular weight excluding hydrogens is 412 g/mol. The number of carboxylic acids is 1. The van der Waals surface area contributed by atoms with Crippen molar-refractivity contribution in [2.75, 3.05) is 5.32 Å². The first-order valence-corrected chi connectivity index (χ1v) is 9.82. The van der Waals surface area contributed by atoms with Gasteiger partial charge < -0.3 is 10.4 Å². The number of hydrogen-bond acceptors (Lipinski definition) is 5. The largest absolute Gasteiger partial charge is 0.478 e. The van der Waals surface area contributed by atoms with E-state index in [1.165, 1.54) is 23.9 Å². The molecule has 150 valence electrons. The molecule has 6 nitrogen and oxygen atoms in total. The number of carboxylic acid groups (broad SMARTS) is 1. The van der Waals surface area contributed by atoms with Crippen LogP contribution in [0, 0.1) is 4.91 Å². The molecule has 0 saturated heterocycles. The highest BCUT2D eigenvalue weighted by molar-refractivity contribution is 8.11. The second-order valence-corrected chi connectivity index (χ2v) is 7.58. The predicted molar refractivity (Wildman–Crippen MR) is 119 cm³/mol.